The lowest BCUT2D eigenvalue weighted by atomic mass is 10.1. The van der Waals surface area contributed by atoms with Gasteiger partial charge in [-0.25, -0.2) is 4.98 Å². The minimum Gasteiger partial charge on any atom is -0.346 e. The summed E-state index contributed by atoms with van der Waals surface area (Å²) in [6, 6.07) is 5.19. The van der Waals surface area contributed by atoms with Crippen molar-refractivity contribution < 1.29 is 13.2 Å². The van der Waals surface area contributed by atoms with E-state index in [1.165, 1.54) is 6.07 Å². The van der Waals surface area contributed by atoms with Gasteiger partial charge in [0.2, 0.25) is 0 Å². The Hall–Kier alpha value is -1.21. The highest BCUT2D eigenvalue weighted by atomic mass is 79.9. The molecule has 7 heteroatoms. The molecular formula is C13H10BrF3N2S. The maximum absolute atomic E-state index is 12.6. The van der Waals surface area contributed by atoms with E-state index in [0.29, 0.717) is 20.5 Å². The van der Waals surface area contributed by atoms with Crippen LogP contribution in [-0.2, 0) is 12.6 Å². The standard InChI is InChI=1S/C13H10BrF3N2S/c1-7-11(14)12(20)19-10(18-7)6-8-3-2-4-9(5-8)13(15,16)17/h2-5H,6H2,1H3,(H,18,19,20). The van der Waals surface area contributed by atoms with Crippen LogP contribution in [0.5, 0.6) is 0 Å². The smallest absolute Gasteiger partial charge is 0.346 e. The Balaban J connectivity index is 2.33. The number of aromatic nitrogens is 2. The molecule has 20 heavy (non-hydrogen) atoms. The number of halogens is 4. The minimum absolute atomic E-state index is 0.266. The summed E-state index contributed by atoms with van der Waals surface area (Å²) in [5.41, 5.74) is 0.661. The van der Waals surface area contributed by atoms with E-state index < -0.39 is 11.7 Å². The first-order valence-corrected chi connectivity index (χ1v) is 6.89. The lowest BCUT2D eigenvalue weighted by Gasteiger charge is -2.09. The Morgan fingerprint density at radius 2 is 2.05 bits per heavy atom. The number of H-pyrrole nitrogens is 1. The van der Waals surface area contributed by atoms with Crippen molar-refractivity contribution in [2.24, 2.45) is 0 Å². The summed E-state index contributed by atoms with van der Waals surface area (Å²) >= 11 is 8.36. The Morgan fingerprint density at radius 1 is 1.35 bits per heavy atom. The highest BCUT2D eigenvalue weighted by Gasteiger charge is 2.30. The quantitative estimate of drug-likeness (QED) is 0.775. The molecule has 0 amide bonds. The molecule has 0 atom stereocenters. The van der Waals surface area contributed by atoms with E-state index >= 15 is 0 Å². The SMILES string of the molecule is Cc1[nH]c(Cc2cccc(C(F)(F)F)c2)nc(=S)c1Br. The van der Waals surface area contributed by atoms with Gasteiger partial charge in [0.1, 0.15) is 10.5 Å². The summed E-state index contributed by atoms with van der Waals surface area (Å²) in [5.74, 6) is 0.537. The van der Waals surface area contributed by atoms with Gasteiger partial charge in [-0.05, 0) is 34.5 Å². The summed E-state index contributed by atoms with van der Waals surface area (Å²) in [7, 11) is 0. The van der Waals surface area contributed by atoms with Crippen molar-refractivity contribution in [1.29, 1.82) is 0 Å². The molecule has 0 fully saturated rings. The average Bonchev–Trinajstić information content (AvgIpc) is 2.35. The Bertz CT molecular complexity index is 695. The summed E-state index contributed by atoms with van der Waals surface area (Å²) in [4.78, 5) is 7.17. The molecule has 0 saturated carbocycles. The Kier molecular flexibility index (Phi) is 4.29. The molecule has 1 N–H and O–H groups in total. The highest BCUT2D eigenvalue weighted by molar-refractivity contribution is 9.10. The molecule has 1 heterocycles. The van der Waals surface area contributed by atoms with Crippen LogP contribution < -0.4 is 0 Å². The second-order valence-electron chi connectivity index (χ2n) is 4.30. The van der Waals surface area contributed by atoms with E-state index in [1.807, 2.05) is 6.92 Å². The van der Waals surface area contributed by atoms with Gasteiger partial charge in [-0.1, -0.05) is 30.4 Å². The van der Waals surface area contributed by atoms with Crippen molar-refractivity contribution in [2.45, 2.75) is 19.5 Å². The number of rotatable bonds is 2. The van der Waals surface area contributed by atoms with Gasteiger partial charge in [0, 0.05) is 12.1 Å². The molecule has 0 bridgehead atoms. The Morgan fingerprint density at radius 3 is 2.65 bits per heavy atom. The van der Waals surface area contributed by atoms with Crippen LogP contribution in [0.3, 0.4) is 0 Å². The third kappa shape index (κ3) is 3.46. The van der Waals surface area contributed by atoms with Gasteiger partial charge in [-0.15, -0.1) is 0 Å². The molecule has 2 nitrogen and oxygen atoms in total. The fourth-order valence-corrected chi connectivity index (χ4v) is 2.22. The number of nitrogens with one attached hydrogen (secondary N) is 1. The summed E-state index contributed by atoms with van der Waals surface area (Å²) in [5, 5.41) is 0. The number of aromatic amines is 1. The maximum atomic E-state index is 12.6. The molecular weight excluding hydrogens is 353 g/mol. The molecule has 2 aromatic rings. The van der Waals surface area contributed by atoms with E-state index in [-0.39, 0.29) is 6.42 Å². The zero-order valence-electron chi connectivity index (χ0n) is 10.4. The van der Waals surface area contributed by atoms with E-state index in [1.54, 1.807) is 6.07 Å². The van der Waals surface area contributed by atoms with Crippen LogP contribution in [0.2, 0.25) is 0 Å². The van der Waals surface area contributed by atoms with Crippen LogP contribution in [0.25, 0.3) is 0 Å². The Labute approximate surface area is 127 Å². The maximum Gasteiger partial charge on any atom is 0.416 e. The lowest BCUT2D eigenvalue weighted by Crippen LogP contribution is -2.06. The summed E-state index contributed by atoms with van der Waals surface area (Å²) in [6.45, 7) is 1.82. The molecule has 0 spiro atoms. The van der Waals surface area contributed by atoms with Crippen molar-refractivity contribution >= 4 is 28.1 Å². The molecule has 0 radical (unpaired) electrons. The zero-order chi connectivity index (χ0) is 14.9. The van der Waals surface area contributed by atoms with Crippen molar-refractivity contribution in [2.75, 3.05) is 0 Å². The van der Waals surface area contributed by atoms with Gasteiger partial charge in [-0.2, -0.15) is 13.2 Å². The van der Waals surface area contributed by atoms with Crippen LogP contribution in [0, 0.1) is 11.6 Å². The fourth-order valence-electron chi connectivity index (χ4n) is 1.77. The normalized spacial score (nSPS) is 11.7. The number of benzene rings is 1. The molecule has 0 saturated heterocycles. The first kappa shape index (κ1) is 15.2. The largest absolute Gasteiger partial charge is 0.416 e. The van der Waals surface area contributed by atoms with E-state index in [0.717, 1.165) is 17.8 Å². The van der Waals surface area contributed by atoms with Crippen molar-refractivity contribution in [3.63, 3.8) is 0 Å². The van der Waals surface area contributed by atoms with E-state index in [4.69, 9.17) is 12.2 Å². The predicted octanol–water partition coefficient (Wildman–Crippen LogP) is 4.82. The first-order chi connectivity index (χ1) is 9.27. The minimum atomic E-state index is -4.34. The first-order valence-electron chi connectivity index (χ1n) is 5.69. The molecule has 0 aliphatic heterocycles. The van der Waals surface area contributed by atoms with Gasteiger partial charge in [0.15, 0.2) is 0 Å². The highest BCUT2D eigenvalue weighted by Crippen LogP contribution is 2.29. The number of hydrogen-bond donors (Lipinski definition) is 1. The molecule has 106 valence electrons. The third-order valence-corrected chi connectivity index (χ3v) is 4.24. The van der Waals surface area contributed by atoms with E-state index in [2.05, 4.69) is 25.9 Å². The monoisotopic (exact) mass is 362 g/mol. The average molecular weight is 363 g/mol. The van der Waals surface area contributed by atoms with Gasteiger partial charge in [-0.3, -0.25) is 0 Å². The van der Waals surface area contributed by atoms with Crippen molar-refractivity contribution in [1.82, 2.24) is 9.97 Å². The fraction of sp³-hybridized carbons (Fsp3) is 0.231. The summed E-state index contributed by atoms with van der Waals surface area (Å²) < 4.78 is 39.0. The van der Waals surface area contributed by atoms with Gasteiger partial charge in [0.25, 0.3) is 0 Å². The molecule has 1 aromatic heterocycles. The van der Waals surface area contributed by atoms with Crippen LogP contribution in [0.4, 0.5) is 13.2 Å². The molecule has 2 rings (SSSR count). The summed E-state index contributed by atoms with van der Waals surface area (Å²) in [6.07, 6.45) is -4.08. The number of hydrogen-bond acceptors (Lipinski definition) is 2. The van der Waals surface area contributed by atoms with Gasteiger partial charge in [0.05, 0.1) is 10.0 Å². The number of nitrogens with zero attached hydrogens (tertiary/aromatic N) is 1. The second kappa shape index (κ2) is 5.65. The van der Waals surface area contributed by atoms with Crippen LogP contribution >= 0.6 is 28.1 Å². The number of aryl methyl sites for hydroxylation is 1. The van der Waals surface area contributed by atoms with Crippen LogP contribution in [-0.4, -0.2) is 9.97 Å². The van der Waals surface area contributed by atoms with Crippen LogP contribution in [0.1, 0.15) is 22.6 Å². The van der Waals surface area contributed by atoms with Crippen molar-refractivity contribution in [3.8, 4) is 0 Å². The van der Waals surface area contributed by atoms with E-state index in [9.17, 15) is 13.2 Å². The topological polar surface area (TPSA) is 28.7 Å². The second-order valence-corrected chi connectivity index (χ2v) is 5.48. The molecule has 0 aliphatic rings. The molecule has 0 aliphatic carbocycles. The lowest BCUT2D eigenvalue weighted by molar-refractivity contribution is -0.137. The predicted molar refractivity (Wildman–Crippen MR) is 76.1 cm³/mol. The third-order valence-electron chi connectivity index (χ3n) is 2.71. The van der Waals surface area contributed by atoms with Crippen LogP contribution in [0.15, 0.2) is 28.7 Å². The van der Waals surface area contributed by atoms with Gasteiger partial charge < -0.3 is 4.98 Å². The van der Waals surface area contributed by atoms with Gasteiger partial charge >= 0.3 is 6.18 Å². The zero-order valence-corrected chi connectivity index (χ0v) is 12.8. The van der Waals surface area contributed by atoms with Crippen molar-refractivity contribution in [3.05, 3.63) is 56.0 Å². The number of alkyl halides is 3. The molecule has 1 aromatic carbocycles. The molecule has 0 unspecified atom stereocenters.